The van der Waals surface area contributed by atoms with Crippen molar-refractivity contribution in [2.24, 2.45) is 11.3 Å². The van der Waals surface area contributed by atoms with Crippen molar-refractivity contribution >= 4 is 63.2 Å². The summed E-state index contributed by atoms with van der Waals surface area (Å²) in [4.78, 5) is 105. The summed E-state index contributed by atoms with van der Waals surface area (Å²) in [6.07, 6.45) is -6.62. The summed E-state index contributed by atoms with van der Waals surface area (Å²) in [6, 6.07) is -0.0948. The molecule has 0 spiro atoms. The molecular weight excluding hydrogens is 883 g/mol. The average molecular weight is 940 g/mol. The van der Waals surface area contributed by atoms with Crippen LogP contribution in [0.4, 0.5) is 5.69 Å². The van der Waals surface area contributed by atoms with E-state index >= 15 is 0 Å². The van der Waals surface area contributed by atoms with Crippen LogP contribution in [0, 0.1) is 11.3 Å². The molecule has 0 aromatic heterocycles. The van der Waals surface area contributed by atoms with E-state index in [0.29, 0.717) is 11.1 Å². The van der Waals surface area contributed by atoms with E-state index in [4.69, 9.17) is 18.8 Å². The lowest BCUT2D eigenvalue weighted by Gasteiger charge is -2.39. The molecule has 6 amide bonds. The van der Waals surface area contributed by atoms with Crippen molar-refractivity contribution in [3.8, 4) is 0 Å². The molecule has 0 radical (unpaired) electrons. The quantitative estimate of drug-likeness (QED) is 0.0304. The molecule has 2 fully saturated rings. The number of ether oxygens (including phenoxy) is 3. The largest absolute Gasteiger partial charge is 0.479 e. The number of anilines is 1. The van der Waals surface area contributed by atoms with E-state index in [9.17, 15) is 67.2 Å². The van der Waals surface area contributed by atoms with Crippen molar-refractivity contribution in [2.45, 2.75) is 122 Å². The molecule has 24 heteroatoms. The Morgan fingerprint density at radius 2 is 1.57 bits per heavy atom. The van der Waals surface area contributed by atoms with Crippen LogP contribution in [-0.2, 0) is 75.7 Å². The van der Waals surface area contributed by atoms with Crippen molar-refractivity contribution in [1.82, 2.24) is 20.4 Å². The summed E-state index contributed by atoms with van der Waals surface area (Å²) in [7, 11) is -4.38. The first-order valence-corrected chi connectivity index (χ1v) is 22.3. The van der Waals surface area contributed by atoms with Crippen LogP contribution in [0.1, 0.15) is 65.5 Å². The number of carbonyl (C=O) groups excluding carboxylic acids is 7. The number of likely N-dealkylation sites (tertiary alicyclic amines) is 1. The fourth-order valence-corrected chi connectivity index (χ4v) is 7.53. The number of carboxylic acid groups (broad SMARTS) is 1. The number of amides is 6. The van der Waals surface area contributed by atoms with Crippen LogP contribution in [0.5, 0.6) is 0 Å². The van der Waals surface area contributed by atoms with Crippen LogP contribution >= 0.6 is 0 Å². The standard InChI is InChI=1S/C41H57N5O18S/c1-20(2)31(44-28(47)17-45-25(19-62-13-14-65(59,60)61)16-26(38(45)55)46-29(48)11-12-30(46)49)37(54)42-21(3)36(53)43-24-9-7-23(18-63-40(58)41(4,5)6)22(15-24)8-10-27-32(50)33(51)34(52)35(64-27)39(56)57/h7,9,11-12,15,20-21,25-27,31-35,50-52H,8,10,13-14,16-19H2,1-6H3,(H,42,54)(H,43,53)(H,44,47)(H,56,57)(H,59,60,61)/t21-,25-,26+,27?,31-,32-,33+,34-,35-/m0/s1. The Labute approximate surface area is 374 Å². The van der Waals surface area contributed by atoms with Gasteiger partial charge in [-0.25, -0.2) is 4.79 Å². The summed E-state index contributed by atoms with van der Waals surface area (Å²) < 4.78 is 47.6. The van der Waals surface area contributed by atoms with E-state index in [1.807, 2.05) is 0 Å². The van der Waals surface area contributed by atoms with Crippen LogP contribution in [-0.4, -0.2) is 171 Å². The van der Waals surface area contributed by atoms with Gasteiger partial charge in [0.1, 0.15) is 43.0 Å². The van der Waals surface area contributed by atoms with Crippen molar-refractivity contribution in [3.63, 3.8) is 0 Å². The van der Waals surface area contributed by atoms with Crippen molar-refractivity contribution in [2.75, 3.05) is 30.8 Å². The number of carbonyl (C=O) groups is 8. The van der Waals surface area contributed by atoms with Gasteiger partial charge in [0.2, 0.25) is 23.6 Å². The summed E-state index contributed by atoms with van der Waals surface area (Å²) >= 11 is 0. The summed E-state index contributed by atoms with van der Waals surface area (Å²) in [5.41, 5.74) is 0.332. The number of rotatable bonds is 20. The molecule has 0 saturated carbocycles. The number of esters is 1. The van der Waals surface area contributed by atoms with Gasteiger partial charge in [-0.2, -0.15) is 8.42 Å². The Hall–Kier alpha value is -5.37. The van der Waals surface area contributed by atoms with Crippen LogP contribution < -0.4 is 16.0 Å². The number of aryl methyl sites for hydroxylation is 1. The Morgan fingerprint density at radius 1 is 0.923 bits per heavy atom. The minimum absolute atomic E-state index is 0.0439. The lowest BCUT2D eigenvalue weighted by Crippen LogP contribution is -2.59. The molecule has 65 heavy (non-hydrogen) atoms. The molecular formula is C41H57N5O18S. The number of aliphatic hydroxyl groups excluding tert-OH is 3. The number of hydrogen-bond acceptors (Lipinski definition) is 16. The highest BCUT2D eigenvalue weighted by molar-refractivity contribution is 7.85. The Bertz CT molecular complexity index is 2120. The maximum Gasteiger partial charge on any atom is 0.335 e. The van der Waals surface area contributed by atoms with Crippen LogP contribution in [0.25, 0.3) is 0 Å². The Balaban J connectivity index is 1.44. The first-order valence-electron chi connectivity index (χ1n) is 20.7. The van der Waals surface area contributed by atoms with E-state index in [2.05, 4.69) is 16.0 Å². The second-order valence-electron chi connectivity index (χ2n) is 17.4. The van der Waals surface area contributed by atoms with Gasteiger partial charge in [0.15, 0.2) is 6.10 Å². The number of nitrogens with one attached hydrogen (secondary N) is 3. The zero-order valence-corrected chi connectivity index (χ0v) is 37.5. The van der Waals surface area contributed by atoms with Gasteiger partial charge >= 0.3 is 11.9 Å². The zero-order valence-electron chi connectivity index (χ0n) is 36.7. The third kappa shape index (κ3) is 13.8. The van der Waals surface area contributed by atoms with Gasteiger partial charge in [0.25, 0.3) is 21.9 Å². The number of carboxylic acids is 1. The maximum absolute atomic E-state index is 13.6. The lowest BCUT2D eigenvalue weighted by molar-refractivity contribution is -0.228. The molecule has 3 aliphatic rings. The first-order chi connectivity index (χ1) is 30.2. The zero-order chi connectivity index (χ0) is 48.7. The third-order valence-corrected chi connectivity index (χ3v) is 11.6. The molecule has 23 nitrogen and oxygen atoms in total. The number of imide groups is 1. The molecule has 9 atom stereocenters. The molecule has 1 aromatic carbocycles. The summed E-state index contributed by atoms with van der Waals surface area (Å²) in [6.45, 7) is 7.93. The summed E-state index contributed by atoms with van der Waals surface area (Å²) in [5.74, 6) is -7.97. The number of nitrogens with zero attached hydrogens (tertiary/aromatic N) is 2. The molecule has 3 heterocycles. The summed E-state index contributed by atoms with van der Waals surface area (Å²) in [5, 5.41) is 48.2. The van der Waals surface area contributed by atoms with Crippen molar-refractivity contribution in [1.29, 1.82) is 0 Å². The second-order valence-corrected chi connectivity index (χ2v) is 18.9. The lowest BCUT2D eigenvalue weighted by atomic mass is 9.91. The fraction of sp³-hybridized carbons (Fsp3) is 0.610. The highest BCUT2D eigenvalue weighted by atomic mass is 32.2. The second kappa shape index (κ2) is 21.7. The molecule has 8 N–H and O–H groups in total. The predicted octanol–water partition coefficient (Wildman–Crippen LogP) is -1.97. The number of aliphatic carboxylic acids is 1. The van der Waals surface area contributed by atoms with Gasteiger partial charge in [0.05, 0.1) is 43.1 Å². The highest BCUT2D eigenvalue weighted by Crippen LogP contribution is 2.29. The van der Waals surface area contributed by atoms with Crippen LogP contribution in [0.3, 0.4) is 0 Å². The fourth-order valence-electron chi connectivity index (χ4n) is 7.20. The first kappa shape index (κ1) is 52.3. The van der Waals surface area contributed by atoms with E-state index < -0.39 is 142 Å². The van der Waals surface area contributed by atoms with E-state index in [-0.39, 0.29) is 38.2 Å². The normalized spacial score (nSPS) is 24.5. The van der Waals surface area contributed by atoms with Gasteiger partial charge in [-0.05, 0) is 69.7 Å². The smallest absolute Gasteiger partial charge is 0.335 e. The Kier molecular flexibility index (Phi) is 17.5. The van der Waals surface area contributed by atoms with Crippen molar-refractivity contribution in [3.05, 3.63) is 41.5 Å². The number of benzene rings is 1. The molecule has 1 unspecified atom stereocenters. The van der Waals surface area contributed by atoms with E-state index in [0.717, 1.165) is 22.0 Å². The van der Waals surface area contributed by atoms with Gasteiger partial charge in [-0.1, -0.05) is 19.9 Å². The monoisotopic (exact) mass is 939 g/mol. The van der Waals surface area contributed by atoms with Gasteiger partial charge < -0.3 is 55.5 Å². The van der Waals surface area contributed by atoms with Gasteiger partial charge in [-0.15, -0.1) is 0 Å². The minimum atomic E-state index is -4.38. The molecule has 3 aliphatic heterocycles. The van der Waals surface area contributed by atoms with Gasteiger partial charge in [-0.3, -0.25) is 43.0 Å². The molecule has 360 valence electrons. The molecule has 0 bridgehead atoms. The predicted molar refractivity (Wildman–Crippen MR) is 223 cm³/mol. The van der Waals surface area contributed by atoms with Crippen LogP contribution in [0.15, 0.2) is 30.4 Å². The Morgan fingerprint density at radius 3 is 2.15 bits per heavy atom. The SMILES string of the molecule is CC(C)[C@H](NC(=O)CN1C(=O)[C@H](N2C(=O)C=CC2=O)C[C@H]1COCCS(=O)(=O)O)C(=O)N[C@@H](C)C(=O)Nc1ccc(COC(=O)C(C)(C)C)c(CCC2O[C@H](C(=O)O)[C@@H](O)[C@H](O)[C@H]2O)c1. The molecule has 1 aromatic rings. The number of aliphatic hydroxyl groups is 3. The molecule has 0 aliphatic carbocycles. The van der Waals surface area contributed by atoms with E-state index in [1.54, 1.807) is 40.7 Å². The van der Waals surface area contributed by atoms with Crippen LogP contribution in [0.2, 0.25) is 0 Å². The maximum atomic E-state index is 13.6. The van der Waals surface area contributed by atoms with Crippen molar-refractivity contribution < 1.29 is 86.0 Å². The third-order valence-electron chi connectivity index (χ3n) is 10.9. The highest BCUT2D eigenvalue weighted by Gasteiger charge is 2.48. The average Bonchev–Trinajstić information content (AvgIpc) is 3.70. The van der Waals surface area contributed by atoms with Gasteiger partial charge in [0, 0.05) is 24.3 Å². The molecule has 4 rings (SSSR count). The number of hydrogen-bond donors (Lipinski definition) is 8. The van der Waals surface area contributed by atoms with E-state index in [1.165, 1.54) is 19.1 Å². The minimum Gasteiger partial charge on any atom is -0.479 e. The molecule has 2 saturated heterocycles. The topological polar surface area (TPSA) is 342 Å².